The van der Waals surface area contributed by atoms with Gasteiger partial charge in [0.05, 0.1) is 18.0 Å². The number of ether oxygens (including phenoxy) is 1. The molecule has 1 rings (SSSR count). The van der Waals surface area contributed by atoms with E-state index in [0.29, 0.717) is 6.61 Å². The molecular formula is C12H21N3O2. The maximum atomic E-state index is 11.7. The van der Waals surface area contributed by atoms with Crippen LogP contribution in [-0.4, -0.2) is 28.4 Å². The van der Waals surface area contributed by atoms with Gasteiger partial charge in [-0.1, -0.05) is 13.3 Å². The van der Waals surface area contributed by atoms with Gasteiger partial charge in [0, 0.05) is 13.2 Å². The predicted octanol–water partition coefficient (Wildman–Crippen LogP) is 1.87. The number of anilines is 1. The molecule has 1 atom stereocenters. The third kappa shape index (κ3) is 3.76. The van der Waals surface area contributed by atoms with Gasteiger partial charge in [-0.2, -0.15) is 5.10 Å². The zero-order valence-electron chi connectivity index (χ0n) is 11.0. The molecule has 1 aromatic rings. The number of hydrogen-bond donors (Lipinski definition) is 1. The lowest BCUT2D eigenvalue weighted by Crippen LogP contribution is -2.31. The average molecular weight is 239 g/mol. The Balaban J connectivity index is 2.72. The first-order valence-corrected chi connectivity index (χ1v) is 6.01. The van der Waals surface area contributed by atoms with E-state index in [2.05, 4.69) is 10.4 Å². The minimum absolute atomic E-state index is 0.197. The van der Waals surface area contributed by atoms with Gasteiger partial charge in [-0.15, -0.1) is 0 Å². The van der Waals surface area contributed by atoms with Gasteiger partial charge in [0.2, 0.25) is 0 Å². The van der Waals surface area contributed by atoms with Crippen molar-refractivity contribution in [2.45, 2.75) is 39.7 Å². The summed E-state index contributed by atoms with van der Waals surface area (Å²) in [5.41, 5.74) is 1.77. The molecule has 0 aromatic carbocycles. The summed E-state index contributed by atoms with van der Waals surface area (Å²) in [5.74, 6) is -0.197. The zero-order valence-corrected chi connectivity index (χ0v) is 11.0. The standard InChI is InChI=1S/C12H21N3O2/c1-5-7-10(12(16)17-6-2)13-11-8-15(4)14-9(11)3/h8,10,13H,5-7H2,1-4H3. The first kappa shape index (κ1) is 13.5. The molecular weight excluding hydrogens is 218 g/mol. The molecule has 0 aliphatic rings. The monoisotopic (exact) mass is 239 g/mol. The lowest BCUT2D eigenvalue weighted by molar-refractivity contribution is -0.144. The van der Waals surface area contributed by atoms with E-state index < -0.39 is 0 Å². The van der Waals surface area contributed by atoms with Crippen molar-refractivity contribution in [3.05, 3.63) is 11.9 Å². The molecule has 17 heavy (non-hydrogen) atoms. The summed E-state index contributed by atoms with van der Waals surface area (Å²) in [7, 11) is 1.86. The molecule has 0 saturated heterocycles. The lowest BCUT2D eigenvalue weighted by Gasteiger charge is -2.16. The summed E-state index contributed by atoms with van der Waals surface area (Å²) >= 11 is 0. The summed E-state index contributed by atoms with van der Waals surface area (Å²) in [6.45, 7) is 6.18. The summed E-state index contributed by atoms with van der Waals surface area (Å²) in [5, 5.41) is 7.43. The topological polar surface area (TPSA) is 56.2 Å². The molecule has 0 saturated carbocycles. The van der Waals surface area contributed by atoms with Crippen LogP contribution in [0.15, 0.2) is 6.20 Å². The van der Waals surface area contributed by atoms with Gasteiger partial charge in [-0.05, 0) is 20.3 Å². The Bertz CT molecular complexity index is 374. The van der Waals surface area contributed by atoms with Gasteiger partial charge in [0.25, 0.3) is 0 Å². The molecule has 96 valence electrons. The van der Waals surface area contributed by atoms with Crippen LogP contribution in [0.1, 0.15) is 32.4 Å². The smallest absolute Gasteiger partial charge is 0.328 e. The molecule has 0 spiro atoms. The number of esters is 1. The molecule has 0 amide bonds. The van der Waals surface area contributed by atoms with Crippen LogP contribution >= 0.6 is 0 Å². The molecule has 1 N–H and O–H groups in total. The van der Waals surface area contributed by atoms with E-state index in [9.17, 15) is 4.79 Å². The Hall–Kier alpha value is -1.52. The zero-order chi connectivity index (χ0) is 12.8. The Morgan fingerprint density at radius 1 is 1.59 bits per heavy atom. The summed E-state index contributed by atoms with van der Waals surface area (Å²) in [6, 6.07) is -0.289. The number of aryl methyl sites for hydroxylation is 2. The second-order valence-corrected chi connectivity index (χ2v) is 4.04. The van der Waals surface area contributed by atoms with E-state index in [1.54, 1.807) is 4.68 Å². The Kier molecular flexibility index (Phi) is 5.00. The molecule has 0 fully saturated rings. The number of carbonyl (C=O) groups is 1. The quantitative estimate of drug-likeness (QED) is 0.770. The first-order chi connectivity index (χ1) is 8.08. The molecule has 0 radical (unpaired) electrons. The number of nitrogens with one attached hydrogen (secondary N) is 1. The minimum Gasteiger partial charge on any atom is -0.464 e. The molecule has 1 unspecified atom stereocenters. The van der Waals surface area contributed by atoms with Crippen molar-refractivity contribution < 1.29 is 9.53 Å². The van der Waals surface area contributed by atoms with Crippen molar-refractivity contribution in [1.29, 1.82) is 0 Å². The number of nitrogens with zero attached hydrogens (tertiary/aromatic N) is 2. The molecule has 0 bridgehead atoms. The summed E-state index contributed by atoms with van der Waals surface area (Å²) < 4.78 is 6.77. The van der Waals surface area contributed by atoms with Crippen LogP contribution in [0.3, 0.4) is 0 Å². The Morgan fingerprint density at radius 3 is 2.76 bits per heavy atom. The predicted molar refractivity (Wildman–Crippen MR) is 66.9 cm³/mol. The van der Waals surface area contributed by atoms with Gasteiger partial charge in [-0.25, -0.2) is 4.79 Å². The average Bonchev–Trinajstić information content (AvgIpc) is 2.57. The van der Waals surface area contributed by atoms with Crippen LogP contribution < -0.4 is 5.32 Å². The van der Waals surface area contributed by atoms with E-state index >= 15 is 0 Å². The van der Waals surface area contributed by atoms with Crippen molar-refractivity contribution in [2.24, 2.45) is 7.05 Å². The van der Waals surface area contributed by atoms with Gasteiger partial charge in [-0.3, -0.25) is 4.68 Å². The lowest BCUT2D eigenvalue weighted by atomic mass is 10.1. The number of hydrogen-bond acceptors (Lipinski definition) is 4. The highest BCUT2D eigenvalue weighted by atomic mass is 16.5. The fourth-order valence-corrected chi connectivity index (χ4v) is 1.71. The van der Waals surface area contributed by atoms with Crippen LogP contribution in [0, 0.1) is 6.92 Å². The molecule has 0 aliphatic carbocycles. The van der Waals surface area contributed by atoms with Gasteiger partial charge >= 0.3 is 5.97 Å². The van der Waals surface area contributed by atoms with Crippen LogP contribution in [0.25, 0.3) is 0 Å². The Labute approximate surface area is 102 Å². The van der Waals surface area contributed by atoms with Crippen molar-refractivity contribution in [1.82, 2.24) is 9.78 Å². The molecule has 0 aliphatic heterocycles. The van der Waals surface area contributed by atoms with Crippen LogP contribution in [0.5, 0.6) is 0 Å². The maximum absolute atomic E-state index is 11.7. The van der Waals surface area contributed by atoms with Gasteiger partial charge < -0.3 is 10.1 Å². The van der Waals surface area contributed by atoms with Crippen LogP contribution in [0.4, 0.5) is 5.69 Å². The van der Waals surface area contributed by atoms with Crippen molar-refractivity contribution in [2.75, 3.05) is 11.9 Å². The molecule has 5 nitrogen and oxygen atoms in total. The largest absolute Gasteiger partial charge is 0.464 e. The third-order valence-corrected chi connectivity index (χ3v) is 2.49. The molecule has 1 heterocycles. The second kappa shape index (κ2) is 6.27. The second-order valence-electron chi connectivity index (χ2n) is 4.04. The SMILES string of the molecule is CCCC(Nc1cn(C)nc1C)C(=O)OCC. The Morgan fingerprint density at radius 2 is 2.29 bits per heavy atom. The van der Waals surface area contributed by atoms with Crippen molar-refractivity contribution in [3.63, 3.8) is 0 Å². The number of rotatable bonds is 6. The minimum atomic E-state index is -0.289. The third-order valence-electron chi connectivity index (χ3n) is 2.49. The van der Waals surface area contributed by atoms with E-state index in [4.69, 9.17) is 4.74 Å². The number of aromatic nitrogens is 2. The van der Waals surface area contributed by atoms with Crippen LogP contribution in [-0.2, 0) is 16.6 Å². The van der Waals surface area contributed by atoms with Gasteiger partial charge in [0.15, 0.2) is 0 Å². The molecule has 1 aromatic heterocycles. The van der Waals surface area contributed by atoms with Crippen LogP contribution in [0.2, 0.25) is 0 Å². The summed E-state index contributed by atoms with van der Waals surface area (Å²) in [4.78, 5) is 11.7. The first-order valence-electron chi connectivity index (χ1n) is 6.01. The highest BCUT2D eigenvalue weighted by Crippen LogP contribution is 2.15. The fraction of sp³-hybridized carbons (Fsp3) is 0.667. The fourth-order valence-electron chi connectivity index (χ4n) is 1.71. The maximum Gasteiger partial charge on any atom is 0.328 e. The van der Waals surface area contributed by atoms with E-state index in [1.807, 2.05) is 34.0 Å². The molecule has 5 heteroatoms. The van der Waals surface area contributed by atoms with Crippen molar-refractivity contribution in [3.8, 4) is 0 Å². The highest BCUT2D eigenvalue weighted by molar-refractivity contribution is 5.79. The normalized spacial score (nSPS) is 12.2. The highest BCUT2D eigenvalue weighted by Gasteiger charge is 2.19. The van der Waals surface area contributed by atoms with Crippen molar-refractivity contribution >= 4 is 11.7 Å². The van der Waals surface area contributed by atoms with Gasteiger partial charge in [0.1, 0.15) is 6.04 Å². The van der Waals surface area contributed by atoms with E-state index in [-0.39, 0.29) is 12.0 Å². The number of carbonyl (C=O) groups excluding carboxylic acids is 1. The van der Waals surface area contributed by atoms with E-state index in [1.165, 1.54) is 0 Å². The van der Waals surface area contributed by atoms with E-state index in [0.717, 1.165) is 24.2 Å². The summed E-state index contributed by atoms with van der Waals surface area (Å²) in [6.07, 6.45) is 3.56.